The third-order valence-electron chi connectivity index (χ3n) is 4.69. The molecule has 0 radical (unpaired) electrons. The van der Waals surface area contributed by atoms with Crippen molar-refractivity contribution in [3.8, 4) is 16.9 Å². The lowest BCUT2D eigenvalue weighted by molar-refractivity contribution is -0.117. The van der Waals surface area contributed by atoms with E-state index >= 15 is 0 Å². The summed E-state index contributed by atoms with van der Waals surface area (Å²) in [6.45, 7) is 0.740. The van der Waals surface area contributed by atoms with Gasteiger partial charge in [0.15, 0.2) is 0 Å². The highest BCUT2D eigenvalue weighted by Crippen LogP contribution is 2.31. The molecule has 0 spiro atoms. The van der Waals surface area contributed by atoms with Crippen molar-refractivity contribution in [3.63, 3.8) is 0 Å². The van der Waals surface area contributed by atoms with Crippen LogP contribution in [0.3, 0.4) is 0 Å². The van der Waals surface area contributed by atoms with Gasteiger partial charge < -0.3 is 15.8 Å². The van der Waals surface area contributed by atoms with E-state index in [0.717, 1.165) is 41.2 Å². The van der Waals surface area contributed by atoms with Gasteiger partial charge in [-0.25, -0.2) is 0 Å². The molecule has 0 aliphatic carbocycles. The van der Waals surface area contributed by atoms with E-state index in [-0.39, 0.29) is 5.91 Å². The zero-order chi connectivity index (χ0) is 18.6. The highest BCUT2D eigenvalue weighted by Gasteiger charge is 2.15. The highest BCUT2D eigenvalue weighted by molar-refractivity contribution is 5.95. The van der Waals surface area contributed by atoms with E-state index in [4.69, 9.17) is 10.5 Å². The molecule has 27 heavy (non-hydrogen) atoms. The van der Waals surface area contributed by atoms with Crippen molar-refractivity contribution in [3.05, 3.63) is 78.1 Å². The van der Waals surface area contributed by atoms with Gasteiger partial charge in [-0.2, -0.15) is 0 Å². The predicted octanol–water partition coefficient (Wildman–Crippen LogP) is 3.19. The molecule has 0 unspecified atom stereocenters. The zero-order valence-electron chi connectivity index (χ0n) is 14.9. The van der Waals surface area contributed by atoms with Gasteiger partial charge in [0.1, 0.15) is 5.75 Å². The predicted molar refractivity (Wildman–Crippen MR) is 106 cm³/mol. The van der Waals surface area contributed by atoms with Gasteiger partial charge in [0.2, 0.25) is 5.91 Å². The summed E-state index contributed by atoms with van der Waals surface area (Å²) >= 11 is 0. The van der Waals surface area contributed by atoms with Crippen LogP contribution in [0, 0.1) is 0 Å². The Morgan fingerprint density at radius 3 is 2.78 bits per heavy atom. The molecular weight excluding hydrogens is 338 g/mol. The van der Waals surface area contributed by atoms with Crippen molar-refractivity contribution in [2.45, 2.75) is 18.9 Å². The molecule has 3 N–H and O–H groups in total. The summed E-state index contributed by atoms with van der Waals surface area (Å²) in [4.78, 5) is 16.4. The van der Waals surface area contributed by atoms with Gasteiger partial charge in [-0.05, 0) is 65.1 Å². The minimum atomic E-state index is -0.617. The molecule has 0 bridgehead atoms. The quantitative estimate of drug-likeness (QED) is 0.733. The van der Waals surface area contributed by atoms with Gasteiger partial charge in [-0.3, -0.25) is 9.78 Å². The SMILES string of the molecule is N[C@@H](Cc1ccncc1)C(=O)Nc1cccc(-c2ccc3c(c2)CCO3)c1. The first-order valence-electron chi connectivity index (χ1n) is 9.00. The number of nitrogens with one attached hydrogen (secondary N) is 1. The second kappa shape index (κ2) is 7.60. The van der Waals surface area contributed by atoms with Gasteiger partial charge in [0.05, 0.1) is 12.6 Å². The topological polar surface area (TPSA) is 77.2 Å². The van der Waals surface area contributed by atoms with Crippen molar-refractivity contribution in [2.24, 2.45) is 5.73 Å². The van der Waals surface area contributed by atoms with Gasteiger partial charge in [-0.1, -0.05) is 18.2 Å². The lowest BCUT2D eigenvalue weighted by Gasteiger charge is -2.13. The Morgan fingerprint density at radius 1 is 1.11 bits per heavy atom. The number of carbonyl (C=O) groups is 1. The van der Waals surface area contributed by atoms with Gasteiger partial charge in [0.25, 0.3) is 0 Å². The number of aromatic nitrogens is 1. The standard InChI is InChI=1S/C22H21N3O2/c23-20(12-15-6-9-24-10-7-15)22(26)25-19-3-1-2-16(14-19)17-4-5-21-18(13-17)8-11-27-21/h1-7,9-10,13-14,20H,8,11-12,23H2,(H,25,26)/t20-/m0/s1. The maximum Gasteiger partial charge on any atom is 0.241 e. The number of nitrogens with two attached hydrogens (primary N) is 1. The van der Waals surface area contributed by atoms with E-state index in [9.17, 15) is 4.79 Å². The first-order chi connectivity index (χ1) is 13.2. The molecule has 0 saturated carbocycles. The van der Waals surface area contributed by atoms with Crippen molar-refractivity contribution < 1.29 is 9.53 Å². The van der Waals surface area contributed by atoms with Crippen molar-refractivity contribution in [1.82, 2.24) is 4.98 Å². The maximum absolute atomic E-state index is 12.4. The van der Waals surface area contributed by atoms with Crippen LogP contribution in [-0.2, 0) is 17.6 Å². The Labute approximate surface area is 158 Å². The number of hydrogen-bond donors (Lipinski definition) is 2. The minimum Gasteiger partial charge on any atom is -0.493 e. The number of pyridine rings is 1. The van der Waals surface area contributed by atoms with E-state index in [1.54, 1.807) is 12.4 Å². The Kier molecular flexibility index (Phi) is 4.85. The van der Waals surface area contributed by atoms with E-state index in [0.29, 0.717) is 6.42 Å². The van der Waals surface area contributed by atoms with E-state index in [1.807, 2.05) is 48.5 Å². The summed E-state index contributed by atoms with van der Waals surface area (Å²) in [5, 5.41) is 2.92. The maximum atomic E-state index is 12.4. The average molecular weight is 359 g/mol. The summed E-state index contributed by atoms with van der Waals surface area (Å²) < 4.78 is 5.57. The molecule has 1 atom stereocenters. The molecule has 4 rings (SSSR count). The molecule has 5 nitrogen and oxygen atoms in total. The summed E-state index contributed by atoms with van der Waals surface area (Å²) in [5.74, 6) is 0.761. The number of carbonyl (C=O) groups excluding carboxylic acids is 1. The number of fused-ring (bicyclic) bond motifs is 1. The second-order valence-electron chi connectivity index (χ2n) is 6.66. The van der Waals surface area contributed by atoms with Crippen LogP contribution in [0.15, 0.2) is 67.0 Å². The van der Waals surface area contributed by atoms with Crippen LogP contribution in [0.25, 0.3) is 11.1 Å². The first-order valence-corrected chi connectivity index (χ1v) is 9.00. The molecule has 1 aromatic heterocycles. The number of benzene rings is 2. The summed E-state index contributed by atoms with van der Waals surface area (Å²) in [6, 6.07) is 17.1. The van der Waals surface area contributed by atoms with Crippen LogP contribution < -0.4 is 15.8 Å². The average Bonchev–Trinajstić information content (AvgIpc) is 3.17. The molecule has 136 valence electrons. The summed E-state index contributed by atoms with van der Waals surface area (Å²) in [6.07, 6.45) is 4.80. The lowest BCUT2D eigenvalue weighted by atomic mass is 10.0. The van der Waals surface area contributed by atoms with Crippen LogP contribution in [0.4, 0.5) is 5.69 Å². The molecule has 1 aliphatic rings. The normalized spacial score (nSPS) is 13.5. The number of hydrogen-bond acceptors (Lipinski definition) is 4. The molecule has 0 saturated heterocycles. The molecule has 5 heteroatoms. The van der Waals surface area contributed by atoms with Crippen molar-refractivity contribution in [2.75, 3.05) is 11.9 Å². The van der Waals surface area contributed by atoms with Crippen LogP contribution in [0.5, 0.6) is 5.75 Å². The summed E-state index contributed by atoms with van der Waals surface area (Å²) in [7, 11) is 0. The van der Waals surface area contributed by atoms with E-state index in [1.165, 1.54) is 5.56 Å². The Morgan fingerprint density at radius 2 is 1.93 bits per heavy atom. The van der Waals surface area contributed by atoms with Crippen LogP contribution in [-0.4, -0.2) is 23.5 Å². The zero-order valence-corrected chi connectivity index (χ0v) is 14.9. The molecule has 1 aliphatic heterocycles. The highest BCUT2D eigenvalue weighted by atomic mass is 16.5. The molecule has 2 aromatic carbocycles. The number of anilines is 1. The van der Waals surface area contributed by atoms with Gasteiger partial charge in [-0.15, -0.1) is 0 Å². The summed E-state index contributed by atoms with van der Waals surface area (Å²) in [5.41, 5.74) is 11.2. The first kappa shape index (κ1) is 17.2. The second-order valence-corrected chi connectivity index (χ2v) is 6.66. The fraction of sp³-hybridized carbons (Fsp3) is 0.182. The van der Waals surface area contributed by atoms with Crippen LogP contribution in [0.2, 0.25) is 0 Å². The largest absolute Gasteiger partial charge is 0.493 e. The fourth-order valence-corrected chi connectivity index (χ4v) is 3.24. The molecule has 2 heterocycles. The van der Waals surface area contributed by atoms with E-state index < -0.39 is 6.04 Å². The Balaban J connectivity index is 1.47. The van der Waals surface area contributed by atoms with Gasteiger partial charge in [0, 0.05) is 24.5 Å². The molecule has 3 aromatic rings. The van der Waals surface area contributed by atoms with Gasteiger partial charge >= 0.3 is 0 Å². The Hall–Kier alpha value is -3.18. The van der Waals surface area contributed by atoms with Crippen LogP contribution >= 0.6 is 0 Å². The molecule has 0 fully saturated rings. The monoisotopic (exact) mass is 359 g/mol. The van der Waals surface area contributed by atoms with Crippen molar-refractivity contribution in [1.29, 1.82) is 0 Å². The minimum absolute atomic E-state index is 0.202. The number of rotatable bonds is 5. The lowest BCUT2D eigenvalue weighted by Crippen LogP contribution is -2.37. The third kappa shape index (κ3) is 3.99. The van der Waals surface area contributed by atoms with E-state index in [2.05, 4.69) is 16.4 Å². The number of ether oxygens (including phenoxy) is 1. The number of nitrogens with zero attached hydrogens (tertiary/aromatic N) is 1. The number of amides is 1. The van der Waals surface area contributed by atoms with Crippen LogP contribution in [0.1, 0.15) is 11.1 Å². The fourth-order valence-electron chi connectivity index (χ4n) is 3.24. The molecular formula is C22H21N3O2. The third-order valence-corrected chi connectivity index (χ3v) is 4.69. The smallest absolute Gasteiger partial charge is 0.241 e. The van der Waals surface area contributed by atoms with Crippen molar-refractivity contribution >= 4 is 11.6 Å². The Bertz CT molecular complexity index is 957. The molecule has 1 amide bonds.